The van der Waals surface area contributed by atoms with Gasteiger partial charge in [0.25, 0.3) is 0 Å². The number of aliphatic hydroxyl groups excluding tert-OH is 6. The second-order valence-corrected chi connectivity index (χ2v) is 20.2. The van der Waals surface area contributed by atoms with E-state index in [2.05, 4.69) is 47.4 Å². The van der Waals surface area contributed by atoms with Crippen LogP contribution in [0.15, 0.2) is 24.3 Å². The van der Waals surface area contributed by atoms with E-state index in [0.29, 0.717) is 18.3 Å². The zero-order valence-corrected chi connectivity index (χ0v) is 42.3. The number of fused-ring (bicyclic) bond motifs is 2. The number of nitrogens with zero attached hydrogens (tertiary/aromatic N) is 2. The van der Waals surface area contributed by atoms with E-state index in [0.717, 1.165) is 41.9 Å². The Balaban J connectivity index is 1.63. The molecule has 7 amide bonds. The number of carbonyl (C=O) groups is 7. The average Bonchev–Trinajstić information content (AvgIpc) is 4.00. The molecule has 0 spiro atoms. The van der Waals surface area contributed by atoms with Crippen LogP contribution >= 0.6 is 0 Å². The third-order valence-corrected chi connectivity index (χ3v) is 14.2. The number of phenols is 1. The summed E-state index contributed by atoms with van der Waals surface area (Å²) in [6.45, 7) is 6.94. The van der Waals surface area contributed by atoms with Crippen LogP contribution < -0.4 is 32.3 Å². The van der Waals surface area contributed by atoms with Gasteiger partial charge in [0.15, 0.2) is 0 Å². The molecular weight excluding hydrogens is 937 g/mol. The number of benzene rings is 1. The molecule has 4 rings (SSSR count). The van der Waals surface area contributed by atoms with E-state index in [4.69, 9.17) is 5.73 Å². The van der Waals surface area contributed by atoms with Crippen LogP contribution in [-0.2, 0) is 33.6 Å². The molecule has 0 saturated carbocycles. The van der Waals surface area contributed by atoms with Crippen LogP contribution in [-0.4, -0.2) is 180 Å². The van der Waals surface area contributed by atoms with Gasteiger partial charge in [-0.15, -0.1) is 0 Å². The number of amides is 7. The number of aromatic hydroxyl groups is 1. The third kappa shape index (κ3) is 17.1. The van der Waals surface area contributed by atoms with Crippen LogP contribution in [0.1, 0.15) is 136 Å². The lowest BCUT2D eigenvalue weighted by molar-refractivity contribution is -0.148. The largest absolute Gasteiger partial charge is 0.508 e. The Labute approximate surface area is 422 Å². The van der Waals surface area contributed by atoms with E-state index >= 15 is 0 Å². The van der Waals surface area contributed by atoms with Gasteiger partial charge in [-0.25, -0.2) is 0 Å². The Morgan fingerprint density at radius 2 is 1.38 bits per heavy atom. The zero-order valence-electron chi connectivity index (χ0n) is 42.3. The van der Waals surface area contributed by atoms with E-state index < -0.39 is 127 Å². The molecule has 0 radical (unpaired) electrons. The standard InChI is InChI=1S/C50H82N8O14/c1-5-28(2)25-29(3)13-10-8-6-7-9-11-15-38(64)53-34-26-33(61)27-52-48(70)42-37(63)21-24-58(42)50(72)40(36(62)20-22-51)55-47(69)41(44(66)43(65)31-16-18-32(60)19-17-31)56-46(68)35-14-12-23-57(35)49(71)39(30(4)59)54-45(34)67/h16-19,28-30,33-37,39-44,59-63,65-66H,5-15,20-27,51H2,1-4H3,(H,52,70)(H,53,64)(H,54,67)(H,55,69)(H,56,68)/t28?,29?,30-,33-,34?,35?,36-,37+,39?,40?,41+,42+,43+,44+/m1/s1. The number of rotatable bonds is 20. The summed E-state index contributed by atoms with van der Waals surface area (Å²) in [5.41, 5.74) is 5.71. The molecule has 1 aromatic carbocycles. The number of aliphatic hydroxyl groups is 6. The van der Waals surface area contributed by atoms with Gasteiger partial charge >= 0.3 is 0 Å². The number of hydrogen-bond acceptors (Lipinski definition) is 15. The highest BCUT2D eigenvalue weighted by atomic mass is 16.3. The highest BCUT2D eigenvalue weighted by Crippen LogP contribution is 2.26. The van der Waals surface area contributed by atoms with Crippen molar-refractivity contribution in [3.8, 4) is 5.75 Å². The van der Waals surface area contributed by atoms with E-state index in [1.54, 1.807) is 0 Å². The van der Waals surface area contributed by atoms with Gasteiger partial charge in [-0.1, -0.05) is 77.8 Å². The molecule has 6 unspecified atom stereocenters. The van der Waals surface area contributed by atoms with Gasteiger partial charge in [0.05, 0.1) is 24.4 Å². The minimum atomic E-state index is -2.19. The molecule has 3 heterocycles. The van der Waals surface area contributed by atoms with E-state index in [-0.39, 0.29) is 63.1 Å². The smallest absolute Gasteiger partial charge is 0.248 e. The number of nitrogens with one attached hydrogen (secondary N) is 5. The number of unbranched alkanes of at least 4 members (excludes halogenated alkanes) is 5. The summed E-state index contributed by atoms with van der Waals surface area (Å²) in [6.07, 6.45) is -2.10. The minimum absolute atomic E-state index is 0.00148. The SMILES string of the molecule is CCC(C)CC(C)CCCCCCCCC(=O)NC1C[C@@H](O)CNC(=O)[C@@H]2[C@@H](O)CCN2C(=O)C([C@H](O)CCN)NC(=O)[C@H]([C@H](O)[C@@H](O)c2ccc(O)cc2)NC(=O)C2CCCN2C(=O)C([C@@H](C)O)NC1=O. The summed E-state index contributed by atoms with van der Waals surface area (Å²) >= 11 is 0. The summed E-state index contributed by atoms with van der Waals surface area (Å²) < 4.78 is 0. The van der Waals surface area contributed by atoms with E-state index in [9.17, 15) is 69.3 Å². The maximum Gasteiger partial charge on any atom is 0.248 e. The molecular formula is C50H82N8O14. The monoisotopic (exact) mass is 1020 g/mol. The molecule has 0 aromatic heterocycles. The average molecular weight is 1020 g/mol. The first-order chi connectivity index (χ1) is 34.2. The fourth-order valence-electron chi connectivity index (χ4n) is 9.79. The van der Waals surface area contributed by atoms with Crippen LogP contribution in [0.25, 0.3) is 0 Å². The maximum absolute atomic E-state index is 14.4. The number of hydrogen-bond donors (Lipinski definition) is 13. The molecule has 3 aliphatic rings. The fourth-order valence-corrected chi connectivity index (χ4v) is 9.79. The lowest BCUT2D eigenvalue weighted by Crippen LogP contribution is -2.64. The Morgan fingerprint density at radius 3 is 2.03 bits per heavy atom. The molecule has 0 bridgehead atoms. The molecule has 1 aromatic rings. The van der Waals surface area contributed by atoms with Crippen molar-refractivity contribution in [1.82, 2.24) is 36.4 Å². The van der Waals surface area contributed by atoms with Gasteiger partial charge in [-0.2, -0.15) is 0 Å². The van der Waals surface area contributed by atoms with Crippen molar-refractivity contribution < 1.29 is 69.3 Å². The van der Waals surface area contributed by atoms with Gasteiger partial charge in [-0.3, -0.25) is 33.6 Å². The van der Waals surface area contributed by atoms with Crippen molar-refractivity contribution in [2.75, 3.05) is 26.2 Å². The molecule has 14 N–H and O–H groups in total. The van der Waals surface area contributed by atoms with Crippen molar-refractivity contribution >= 4 is 41.4 Å². The topological polar surface area (TPSA) is 354 Å². The molecule has 22 nitrogen and oxygen atoms in total. The Kier molecular flexibility index (Phi) is 24.0. The van der Waals surface area contributed by atoms with Crippen molar-refractivity contribution in [3.05, 3.63) is 29.8 Å². The molecule has 3 fully saturated rings. The van der Waals surface area contributed by atoms with Crippen LogP contribution in [0.3, 0.4) is 0 Å². The fraction of sp³-hybridized carbons (Fsp3) is 0.740. The molecule has 3 saturated heterocycles. The second-order valence-electron chi connectivity index (χ2n) is 20.2. The van der Waals surface area contributed by atoms with Crippen molar-refractivity contribution in [1.29, 1.82) is 0 Å². The minimum Gasteiger partial charge on any atom is -0.508 e. The van der Waals surface area contributed by atoms with Crippen LogP contribution in [0, 0.1) is 11.8 Å². The van der Waals surface area contributed by atoms with Gasteiger partial charge in [0.1, 0.15) is 54.2 Å². The predicted octanol–water partition coefficient (Wildman–Crippen LogP) is -1.16. The Bertz CT molecular complexity index is 1940. The van der Waals surface area contributed by atoms with Crippen LogP contribution in [0.4, 0.5) is 0 Å². The van der Waals surface area contributed by atoms with Gasteiger partial charge in [0, 0.05) is 32.5 Å². The zero-order chi connectivity index (χ0) is 53.2. The van der Waals surface area contributed by atoms with Crippen molar-refractivity contribution in [3.63, 3.8) is 0 Å². The van der Waals surface area contributed by atoms with Crippen molar-refractivity contribution in [2.45, 2.75) is 197 Å². The molecule has 406 valence electrons. The number of phenolic OH excluding ortho intramolecular Hbond substituents is 1. The van der Waals surface area contributed by atoms with Gasteiger partial charge < -0.3 is 77.9 Å². The second kappa shape index (κ2) is 29.1. The first kappa shape index (κ1) is 59.6. The number of carbonyl (C=O) groups excluding carboxylic acids is 7. The summed E-state index contributed by atoms with van der Waals surface area (Å²) in [6, 6.07) is -5.35. The highest BCUT2D eigenvalue weighted by Gasteiger charge is 2.47. The number of nitrogens with two attached hydrogens (primary N) is 1. The van der Waals surface area contributed by atoms with Gasteiger partial charge in [-0.05, 0) is 81.5 Å². The molecule has 0 aliphatic carbocycles. The van der Waals surface area contributed by atoms with Gasteiger partial charge in [0.2, 0.25) is 41.4 Å². The third-order valence-electron chi connectivity index (χ3n) is 14.2. The molecule has 72 heavy (non-hydrogen) atoms. The molecule has 3 aliphatic heterocycles. The van der Waals surface area contributed by atoms with Crippen molar-refractivity contribution in [2.24, 2.45) is 17.6 Å². The Morgan fingerprint density at radius 1 is 0.750 bits per heavy atom. The predicted molar refractivity (Wildman–Crippen MR) is 263 cm³/mol. The number of β-amino-alcohol motifs (C(OH)–C–C–N with tert-alkyl or cyclic N) is 1. The molecule has 22 heteroatoms. The Hall–Kier alpha value is -4.97. The normalized spacial score (nSPS) is 27.7. The summed E-state index contributed by atoms with van der Waals surface area (Å²) in [5, 5.41) is 89.5. The summed E-state index contributed by atoms with van der Waals surface area (Å²) in [5.74, 6) is -5.59. The lowest BCUT2D eigenvalue weighted by Gasteiger charge is -2.34. The van der Waals surface area contributed by atoms with Crippen LogP contribution in [0.5, 0.6) is 5.75 Å². The first-order valence-electron chi connectivity index (χ1n) is 25.8. The maximum atomic E-state index is 14.4. The highest BCUT2D eigenvalue weighted by molar-refractivity contribution is 5.98. The lowest BCUT2D eigenvalue weighted by atomic mass is 9.91. The summed E-state index contributed by atoms with van der Waals surface area (Å²) in [7, 11) is 0. The molecule has 14 atom stereocenters. The van der Waals surface area contributed by atoms with E-state index in [1.165, 1.54) is 50.5 Å². The quantitative estimate of drug-likeness (QED) is 0.0686. The first-order valence-corrected chi connectivity index (χ1v) is 25.8. The van der Waals surface area contributed by atoms with E-state index in [1.807, 2.05) is 0 Å². The van der Waals surface area contributed by atoms with Crippen LogP contribution in [0.2, 0.25) is 0 Å². The summed E-state index contributed by atoms with van der Waals surface area (Å²) in [4.78, 5) is 101.